The summed E-state index contributed by atoms with van der Waals surface area (Å²) in [4.78, 5) is 17.7. The molecule has 0 spiro atoms. The summed E-state index contributed by atoms with van der Waals surface area (Å²) in [7, 11) is 0. The van der Waals surface area contributed by atoms with Crippen LogP contribution in [0.5, 0.6) is 5.75 Å². The predicted octanol–water partition coefficient (Wildman–Crippen LogP) is 3.13. The standard InChI is InChI=1S/C13H16N4O3.2C2H6/c1-8-7-19-10-2-3-11(16-12(10)15-8)17-6-9(4-5-14)20-13(17)18;2*1-2/h2-3,9H,1,4-7,14H2,(H,15,16);2*1-2H3. The Morgan fingerprint density at radius 2 is 2.08 bits per heavy atom. The molecule has 0 aromatic carbocycles. The summed E-state index contributed by atoms with van der Waals surface area (Å²) in [6.45, 7) is 13.2. The number of nitrogens with one attached hydrogen (secondary N) is 1. The number of aromatic nitrogens is 1. The quantitative estimate of drug-likeness (QED) is 0.881. The smallest absolute Gasteiger partial charge is 0.415 e. The Hall–Kier alpha value is -2.28. The van der Waals surface area contributed by atoms with E-state index in [1.807, 2.05) is 27.7 Å². The van der Waals surface area contributed by atoms with Crippen LogP contribution in [-0.2, 0) is 4.74 Å². The molecule has 7 nitrogen and oxygen atoms in total. The van der Waals surface area contributed by atoms with Gasteiger partial charge in [-0.2, -0.15) is 0 Å². The summed E-state index contributed by atoms with van der Waals surface area (Å²) < 4.78 is 10.7. The highest BCUT2D eigenvalue weighted by molar-refractivity contribution is 5.89. The van der Waals surface area contributed by atoms with E-state index in [9.17, 15) is 4.79 Å². The van der Waals surface area contributed by atoms with Crippen LogP contribution in [0.15, 0.2) is 24.4 Å². The van der Waals surface area contributed by atoms with Crippen molar-refractivity contribution in [3.05, 3.63) is 24.4 Å². The summed E-state index contributed by atoms with van der Waals surface area (Å²) in [5.74, 6) is 1.74. The van der Waals surface area contributed by atoms with Crippen LogP contribution in [0, 0.1) is 0 Å². The summed E-state index contributed by atoms with van der Waals surface area (Å²) in [5.41, 5.74) is 6.21. The number of ether oxygens (including phenoxy) is 2. The first-order valence-electron chi connectivity index (χ1n) is 8.44. The van der Waals surface area contributed by atoms with Gasteiger partial charge in [-0.05, 0) is 25.1 Å². The molecule has 7 heteroatoms. The number of anilines is 2. The van der Waals surface area contributed by atoms with Crippen molar-refractivity contribution < 1.29 is 14.3 Å². The second-order valence-corrected chi connectivity index (χ2v) is 4.73. The van der Waals surface area contributed by atoms with E-state index in [0.717, 1.165) is 5.70 Å². The maximum Gasteiger partial charge on any atom is 0.415 e. The first-order chi connectivity index (χ1) is 11.7. The van der Waals surface area contributed by atoms with Gasteiger partial charge in [-0.3, -0.25) is 4.90 Å². The third kappa shape index (κ3) is 4.61. The van der Waals surface area contributed by atoms with Gasteiger partial charge in [0, 0.05) is 5.70 Å². The molecule has 3 rings (SSSR count). The van der Waals surface area contributed by atoms with Crippen molar-refractivity contribution in [2.24, 2.45) is 5.73 Å². The van der Waals surface area contributed by atoms with E-state index in [1.165, 1.54) is 4.90 Å². The van der Waals surface area contributed by atoms with Crippen molar-refractivity contribution in [2.75, 3.05) is 29.9 Å². The van der Waals surface area contributed by atoms with E-state index in [1.54, 1.807) is 12.1 Å². The van der Waals surface area contributed by atoms with Crippen LogP contribution >= 0.6 is 0 Å². The zero-order valence-electron chi connectivity index (χ0n) is 15.0. The Bertz CT molecular complexity index is 563. The summed E-state index contributed by atoms with van der Waals surface area (Å²) in [6.07, 6.45) is 0.0710. The number of hydrogen-bond donors (Lipinski definition) is 2. The second-order valence-electron chi connectivity index (χ2n) is 4.73. The van der Waals surface area contributed by atoms with Crippen LogP contribution in [0.3, 0.4) is 0 Å². The van der Waals surface area contributed by atoms with Gasteiger partial charge in [-0.25, -0.2) is 9.78 Å². The molecule has 3 heterocycles. The van der Waals surface area contributed by atoms with Crippen molar-refractivity contribution in [1.82, 2.24) is 4.98 Å². The zero-order valence-corrected chi connectivity index (χ0v) is 15.0. The van der Waals surface area contributed by atoms with Crippen LogP contribution in [0.2, 0.25) is 0 Å². The summed E-state index contributed by atoms with van der Waals surface area (Å²) >= 11 is 0. The number of amides is 1. The number of cyclic esters (lactones) is 1. The first-order valence-corrected chi connectivity index (χ1v) is 8.44. The molecule has 24 heavy (non-hydrogen) atoms. The highest BCUT2D eigenvalue weighted by Gasteiger charge is 2.33. The molecule has 2 aliphatic rings. The van der Waals surface area contributed by atoms with Crippen molar-refractivity contribution in [2.45, 2.75) is 40.2 Å². The first kappa shape index (κ1) is 19.8. The van der Waals surface area contributed by atoms with Gasteiger partial charge in [0.1, 0.15) is 18.5 Å². The van der Waals surface area contributed by atoms with Crippen molar-refractivity contribution in [3.8, 4) is 5.75 Å². The molecular weight excluding hydrogens is 308 g/mol. The lowest BCUT2D eigenvalue weighted by Gasteiger charge is -2.21. The van der Waals surface area contributed by atoms with Gasteiger partial charge in [0.2, 0.25) is 0 Å². The average Bonchev–Trinajstić information content (AvgIpc) is 2.98. The number of nitrogens with two attached hydrogens (primary N) is 1. The molecule has 1 aromatic heterocycles. The zero-order chi connectivity index (χ0) is 18.1. The van der Waals surface area contributed by atoms with Gasteiger partial charge in [0.05, 0.1) is 6.54 Å². The SMILES string of the molecule is C=C1COc2ccc(N3CC(CCN)OC3=O)nc2N1.CC.CC. The maximum absolute atomic E-state index is 11.8. The van der Waals surface area contributed by atoms with E-state index in [-0.39, 0.29) is 6.10 Å². The van der Waals surface area contributed by atoms with Gasteiger partial charge >= 0.3 is 6.09 Å². The molecule has 1 amide bonds. The number of carbonyl (C=O) groups excluding carboxylic acids is 1. The molecule has 3 N–H and O–H groups in total. The third-order valence-electron chi connectivity index (χ3n) is 3.18. The van der Waals surface area contributed by atoms with E-state index in [4.69, 9.17) is 15.2 Å². The molecule has 2 aliphatic heterocycles. The number of fused-ring (bicyclic) bond motifs is 1. The largest absolute Gasteiger partial charge is 0.484 e. The molecule has 0 aliphatic carbocycles. The summed E-state index contributed by atoms with van der Waals surface area (Å²) in [6, 6.07) is 3.52. The Balaban J connectivity index is 0.000000671. The Kier molecular flexibility index (Phi) is 8.05. The number of hydrogen-bond acceptors (Lipinski definition) is 6. The minimum absolute atomic E-state index is 0.176. The Labute approximate surface area is 143 Å². The Morgan fingerprint density at radius 1 is 1.38 bits per heavy atom. The number of pyridine rings is 1. The molecule has 1 atom stereocenters. The van der Waals surface area contributed by atoms with Gasteiger partial charge < -0.3 is 20.5 Å². The van der Waals surface area contributed by atoms with Gasteiger partial charge in [0.25, 0.3) is 0 Å². The highest BCUT2D eigenvalue weighted by atomic mass is 16.6. The van der Waals surface area contributed by atoms with Crippen LogP contribution in [0.25, 0.3) is 0 Å². The average molecular weight is 336 g/mol. The lowest BCUT2D eigenvalue weighted by Crippen LogP contribution is -2.27. The highest BCUT2D eigenvalue weighted by Crippen LogP contribution is 2.31. The normalized spacial score (nSPS) is 18.0. The molecule has 0 saturated carbocycles. The fraction of sp³-hybridized carbons (Fsp3) is 0.529. The summed E-state index contributed by atoms with van der Waals surface area (Å²) in [5, 5.41) is 3.05. The van der Waals surface area contributed by atoms with Crippen molar-refractivity contribution >= 4 is 17.7 Å². The number of nitrogens with zero attached hydrogens (tertiary/aromatic N) is 2. The molecule has 134 valence electrons. The predicted molar refractivity (Wildman–Crippen MR) is 96.5 cm³/mol. The van der Waals surface area contributed by atoms with Gasteiger partial charge in [-0.1, -0.05) is 34.3 Å². The molecule has 1 fully saturated rings. The van der Waals surface area contributed by atoms with Crippen molar-refractivity contribution in [3.63, 3.8) is 0 Å². The number of carbonyl (C=O) groups is 1. The second kappa shape index (κ2) is 9.77. The molecule has 0 radical (unpaired) electrons. The monoisotopic (exact) mass is 336 g/mol. The Morgan fingerprint density at radius 3 is 2.75 bits per heavy atom. The molecule has 1 aromatic rings. The lowest BCUT2D eigenvalue weighted by molar-refractivity contribution is 0.138. The van der Waals surface area contributed by atoms with E-state index in [2.05, 4.69) is 16.9 Å². The third-order valence-corrected chi connectivity index (χ3v) is 3.18. The minimum atomic E-state index is -0.397. The van der Waals surface area contributed by atoms with Gasteiger partial charge in [-0.15, -0.1) is 0 Å². The van der Waals surface area contributed by atoms with Crippen LogP contribution in [0.4, 0.5) is 16.4 Å². The van der Waals surface area contributed by atoms with Crippen LogP contribution in [0.1, 0.15) is 34.1 Å². The van der Waals surface area contributed by atoms with E-state index >= 15 is 0 Å². The number of rotatable bonds is 3. The fourth-order valence-corrected chi connectivity index (χ4v) is 2.21. The van der Waals surface area contributed by atoms with Crippen LogP contribution < -0.4 is 20.7 Å². The molecule has 1 unspecified atom stereocenters. The molecule has 1 saturated heterocycles. The van der Waals surface area contributed by atoms with E-state index in [0.29, 0.717) is 43.5 Å². The van der Waals surface area contributed by atoms with Crippen molar-refractivity contribution in [1.29, 1.82) is 0 Å². The van der Waals surface area contributed by atoms with Gasteiger partial charge in [0.15, 0.2) is 11.6 Å². The van der Waals surface area contributed by atoms with E-state index < -0.39 is 6.09 Å². The molecular formula is C17H28N4O3. The lowest BCUT2D eigenvalue weighted by atomic mass is 10.2. The minimum Gasteiger partial charge on any atom is -0.484 e. The topological polar surface area (TPSA) is 89.7 Å². The van der Waals surface area contributed by atoms with Crippen LogP contribution in [-0.4, -0.2) is 36.9 Å². The molecule has 0 bridgehead atoms. The fourth-order valence-electron chi connectivity index (χ4n) is 2.21. The maximum atomic E-state index is 11.8.